The van der Waals surface area contributed by atoms with Gasteiger partial charge in [-0.3, -0.25) is 10.1 Å². The van der Waals surface area contributed by atoms with Gasteiger partial charge in [-0.05, 0) is 57.9 Å². The van der Waals surface area contributed by atoms with E-state index < -0.39 is 11.3 Å². The normalized spacial score (nSPS) is 14.3. The summed E-state index contributed by atoms with van der Waals surface area (Å²) >= 11 is 1.27. The zero-order valence-electron chi connectivity index (χ0n) is 17.3. The minimum absolute atomic E-state index is 0.208. The van der Waals surface area contributed by atoms with Gasteiger partial charge in [0.05, 0.1) is 5.25 Å². The number of nitrogens with zero attached hydrogens (tertiary/aromatic N) is 4. The van der Waals surface area contributed by atoms with Gasteiger partial charge in [0.2, 0.25) is 5.91 Å². The van der Waals surface area contributed by atoms with Crippen molar-refractivity contribution in [2.75, 3.05) is 18.0 Å². The van der Waals surface area contributed by atoms with E-state index in [1.807, 2.05) is 23.7 Å². The molecule has 0 radical (unpaired) electrons. The van der Waals surface area contributed by atoms with E-state index in [0.717, 1.165) is 37.3 Å². The van der Waals surface area contributed by atoms with E-state index in [1.165, 1.54) is 17.4 Å². The van der Waals surface area contributed by atoms with Crippen molar-refractivity contribution < 1.29 is 9.59 Å². The summed E-state index contributed by atoms with van der Waals surface area (Å²) in [6.07, 6.45) is 1.95. The number of nitrogens with one attached hydrogen (secondary N) is 2. The number of rotatable bonds is 8. The molecular formula is C20H28N6O2S. The lowest BCUT2D eigenvalue weighted by molar-refractivity contribution is -0.119. The summed E-state index contributed by atoms with van der Waals surface area (Å²) in [5, 5.41) is 13.8. The summed E-state index contributed by atoms with van der Waals surface area (Å²) in [5.41, 5.74) is 2.13. The molecular weight excluding hydrogens is 388 g/mol. The molecule has 1 unspecified atom stereocenters. The second kappa shape index (κ2) is 9.30. The highest BCUT2D eigenvalue weighted by Gasteiger charge is 2.26. The van der Waals surface area contributed by atoms with Crippen molar-refractivity contribution in [1.29, 1.82) is 0 Å². The van der Waals surface area contributed by atoms with Crippen LogP contribution in [-0.2, 0) is 11.8 Å². The van der Waals surface area contributed by atoms with Crippen molar-refractivity contribution in [2.24, 2.45) is 7.05 Å². The van der Waals surface area contributed by atoms with Gasteiger partial charge in [0.15, 0.2) is 11.0 Å². The third-order valence-electron chi connectivity index (χ3n) is 4.89. The molecule has 9 heteroatoms. The van der Waals surface area contributed by atoms with Gasteiger partial charge in [0.1, 0.15) is 0 Å². The van der Waals surface area contributed by atoms with Crippen LogP contribution in [0, 0.1) is 0 Å². The monoisotopic (exact) mass is 416 g/mol. The Morgan fingerprint density at radius 1 is 1.21 bits per heavy atom. The van der Waals surface area contributed by atoms with Crippen LogP contribution >= 0.6 is 11.8 Å². The van der Waals surface area contributed by atoms with Gasteiger partial charge in [0.25, 0.3) is 0 Å². The Balaban J connectivity index is 1.64. The van der Waals surface area contributed by atoms with E-state index in [0.29, 0.717) is 5.16 Å². The third-order valence-corrected chi connectivity index (χ3v) is 6.02. The Labute approximate surface area is 175 Å². The number of hydrogen-bond donors (Lipinski definition) is 2. The van der Waals surface area contributed by atoms with Crippen LogP contribution in [0.5, 0.6) is 0 Å². The van der Waals surface area contributed by atoms with E-state index in [2.05, 4.69) is 51.7 Å². The number of imide groups is 1. The van der Waals surface area contributed by atoms with Crippen LogP contribution in [0.25, 0.3) is 11.4 Å². The largest absolute Gasteiger partial charge is 0.372 e. The molecule has 29 heavy (non-hydrogen) atoms. The first-order valence-corrected chi connectivity index (χ1v) is 10.8. The molecule has 1 aromatic carbocycles. The molecule has 1 aliphatic carbocycles. The number of thioether (sulfide) groups is 1. The van der Waals surface area contributed by atoms with Crippen LogP contribution in [0.2, 0.25) is 0 Å². The smallest absolute Gasteiger partial charge is 0.321 e. The zero-order chi connectivity index (χ0) is 21.0. The Bertz CT molecular complexity index is 858. The molecule has 0 aliphatic heterocycles. The Hall–Kier alpha value is -2.55. The molecule has 2 N–H and O–H groups in total. The molecule has 8 nitrogen and oxygen atoms in total. The molecule has 1 aliphatic rings. The predicted octanol–water partition coefficient (Wildman–Crippen LogP) is 2.80. The minimum Gasteiger partial charge on any atom is -0.372 e. The number of carbonyl (C=O) groups excluding carboxylic acids is 2. The van der Waals surface area contributed by atoms with Gasteiger partial charge < -0.3 is 14.8 Å². The van der Waals surface area contributed by atoms with Gasteiger partial charge in [-0.1, -0.05) is 11.8 Å². The number of benzene rings is 1. The molecule has 156 valence electrons. The third kappa shape index (κ3) is 5.29. The standard InChI is InChI=1S/C20H28N6O2S/c1-5-26(6-2)16-11-7-14(8-12-16)17-23-24-20(25(17)4)29-13(3)18(27)22-19(28)21-15-9-10-15/h7-8,11-13,15H,5-6,9-10H2,1-4H3,(H2,21,22,27,28). The summed E-state index contributed by atoms with van der Waals surface area (Å²) in [6.45, 7) is 7.93. The molecule has 0 spiro atoms. The van der Waals surface area contributed by atoms with Crippen molar-refractivity contribution in [2.45, 2.75) is 50.1 Å². The average molecular weight is 417 g/mol. The zero-order valence-corrected chi connectivity index (χ0v) is 18.1. The first kappa shape index (κ1) is 21.2. The first-order valence-electron chi connectivity index (χ1n) is 9.95. The maximum atomic E-state index is 12.3. The molecule has 1 atom stereocenters. The highest BCUT2D eigenvalue weighted by molar-refractivity contribution is 8.00. The molecule has 0 saturated heterocycles. The second-order valence-electron chi connectivity index (χ2n) is 7.08. The topological polar surface area (TPSA) is 92.2 Å². The summed E-state index contributed by atoms with van der Waals surface area (Å²) in [7, 11) is 1.88. The van der Waals surface area contributed by atoms with Crippen LogP contribution in [0.1, 0.15) is 33.6 Å². The Kier molecular flexibility index (Phi) is 6.79. The predicted molar refractivity (Wildman–Crippen MR) is 115 cm³/mol. The van der Waals surface area contributed by atoms with E-state index in [-0.39, 0.29) is 11.9 Å². The number of urea groups is 1. The van der Waals surface area contributed by atoms with Crippen LogP contribution in [0.15, 0.2) is 29.4 Å². The van der Waals surface area contributed by atoms with E-state index in [4.69, 9.17) is 0 Å². The fourth-order valence-corrected chi connectivity index (χ4v) is 3.77. The molecule has 3 amide bonds. The molecule has 0 bridgehead atoms. The van der Waals surface area contributed by atoms with Crippen molar-refractivity contribution in [1.82, 2.24) is 25.4 Å². The van der Waals surface area contributed by atoms with Crippen LogP contribution in [0.3, 0.4) is 0 Å². The second-order valence-corrected chi connectivity index (χ2v) is 8.39. The van der Waals surface area contributed by atoms with Crippen molar-refractivity contribution in [3.63, 3.8) is 0 Å². The highest BCUT2D eigenvalue weighted by Crippen LogP contribution is 2.27. The van der Waals surface area contributed by atoms with Gasteiger partial charge in [-0.15, -0.1) is 10.2 Å². The van der Waals surface area contributed by atoms with Gasteiger partial charge >= 0.3 is 6.03 Å². The summed E-state index contributed by atoms with van der Waals surface area (Å²) < 4.78 is 1.87. The molecule has 1 fully saturated rings. The first-order chi connectivity index (χ1) is 13.9. The number of carbonyl (C=O) groups is 2. The summed E-state index contributed by atoms with van der Waals surface area (Å²) in [6, 6.07) is 8.00. The number of hydrogen-bond acceptors (Lipinski definition) is 6. The molecule has 1 heterocycles. The average Bonchev–Trinajstić information content (AvgIpc) is 3.45. The van der Waals surface area contributed by atoms with Gasteiger partial charge in [-0.25, -0.2) is 4.79 Å². The van der Waals surface area contributed by atoms with Crippen molar-refractivity contribution >= 4 is 29.4 Å². The highest BCUT2D eigenvalue weighted by atomic mass is 32.2. The van der Waals surface area contributed by atoms with Crippen LogP contribution in [0.4, 0.5) is 10.5 Å². The molecule has 1 saturated carbocycles. The van der Waals surface area contributed by atoms with E-state index >= 15 is 0 Å². The fourth-order valence-electron chi connectivity index (χ4n) is 2.95. The van der Waals surface area contributed by atoms with Crippen LogP contribution < -0.4 is 15.5 Å². The molecule has 1 aromatic heterocycles. The maximum absolute atomic E-state index is 12.3. The van der Waals surface area contributed by atoms with Gasteiger partial charge in [-0.2, -0.15) is 0 Å². The van der Waals surface area contributed by atoms with Crippen LogP contribution in [-0.4, -0.2) is 51.1 Å². The minimum atomic E-state index is -0.472. The number of anilines is 1. The maximum Gasteiger partial charge on any atom is 0.321 e. The number of amides is 3. The Morgan fingerprint density at radius 2 is 1.86 bits per heavy atom. The van der Waals surface area contributed by atoms with Crippen molar-refractivity contribution in [3.05, 3.63) is 24.3 Å². The summed E-state index contributed by atoms with van der Waals surface area (Å²) in [4.78, 5) is 26.3. The SMILES string of the molecule is CCN(CC)c1ccc(-c2nnc(SC(C)C(=O)NC(=O)NC3CC3)n2C)cc1. The van der Waals surface area contributed by atoms with E-state index in [9.17, 15) is 9.59 Å². The Morgan fingerprint density at radius 3 is 2.45 bits per heavy atom. The van der Waals surface area contributed by atoms with Gasteiger partial charge in [0, 0.05) is 37.4 Å². The van der Waals surface area contributed by atoms with E-state index in [1.54, 1.807) is 6.92 Å². The molecule has 2 aromatic rings. The quantitative estimate of drug-likeness (QED) is 0.643. The lowest BCUT2D eigenvalue weighted by atomic mass is 10.2. The lowest BCUT2D eigenvalue weighted by Crippen LogP contribution is -2.43. The lowest BCUT2D eigenvalue weighted by Gasteiger charge is -2.21. The van der Waals surface area contributed by atoms with Crippen molar-refractivity contribution in [3.8, 4) is 11.4 Å². The molecule has 3 rings (SSSR count). The summed E-state index contributed by atoms with van der Waals surface area (Å²) in [5.74, 6) is 0.388. The fraction of sp³-hybridized carbons (Fsp3) is 0.500. The number of aromatic nitrogens is 3.